The number of aliphatic hydroxyl groups excluding tert-OH is 2. The largest absolute Gasteiger partial charge is 0.496 e. The number of methoxy groups -OCH3 is 1. The molecule has 3 saturated carbocycles. The van der Waals surface area contributed by atoms with Crippen molar-refractivity contribution >= 4 is 23.3 Å². The van der Waals surface area contributed by atoms with Gasteiger partial charge in [-0.1, -0.05) is 76.2 Å². The number of benzene rings is 3. The van der Waals surface area contributed by atoms with Gasteiger partial charge >= 0.3 is 0 Å². The van der Waals surface area contributed by atoms with Crippen molar-refractivity contribution in [1.82, 2.24) is 20.6 Å². The normalized spacial score (nSPS) is 26.4. The predicted molar refractivity (Wildman–Crippen MR) is 230 cm³/mol. The number of likely N-dealkylation sites (N-methyl/N-ethyl adjacent to an activating group) is 1. The third-order valence-corrected chi connectivity index (χ3v) is 13.6. The van der Waals surface area contributed by atoms with Crippen LogP contribution in [0.3, 0.4) is 0 Å². The molecule has 0 aromatic heterocycles. The number of rotatable bonds is 16. The number of hydroxylamine groups is 2. The molecule has 0 radical (unpaired) electrons. The van der Waals surface area contributed by atoms with Crippen LogP contribution in [0.25, 0.3) is 11.1 Å². The van der Waals surface area contributed by atoms with Crippen LogP contribution in [0.15, 0.2) is 66.7 Å². The van der Waals surface area contributed by atoms with Gasteiger partial charge in [0.1, 0.15) is 23.9 Å². The molecule has 3 aromatic rings. The van der Waals surface area contributed by atoms with Gasteiger partial charge < -0.3 is 35.4 Å². The lowest BCUT2D eigenvalue weighted by atomic mass is 9.45. The Kier molecular flexibility index (Phi) is 13.6. The second-order valence-electron chi connectivity index (χ2n) is 18.2. The first-order valence-electron chi connectivity index (χ1n) is 21.0. The number of amides is 2. The van der Waals surface area contributed by atoms with E-state index in [0.29, 0.717) is 52.3 Å². The average molecular weight is 812 g/mol. The molecule has 59 heavy (non-hydrogen) atoms. The summed E-state index contributed by atoms with van der Waals surface area (Å²) in [5.41, 5.74) is 4.45. The fourth-order valence-corrected chi connectivity index (χ4v) is 10.0. The monoisotopic (exact) mass is 811 g/mol. The number of hydrogen-bond acceptors (Lipinski definition) is 10. The molecule has 7 rings (SSSR count). The van der Waals surface area contributed by atoms with E-state index >= 15 is 0 Å². The van der Waals surface area contributed by atoms with Crippen LogP contribution in [0.1, 0.15) is 74.9 Å². The maximum Gasteiger partial charge on any atom is 0.252 e. The first-order valence-corrected chi connectivity index (χ1v) is 21.0. The fraction of sp³-hybridized carbons (Fsp3) is 0.553. The first-order chi connectivity index (χ1) is 28.0. The van der Waals surface area contributed by atoms with Gasteiger partial charge in [-0.3, -0.25) is 19.2 Å². The van der Waals surface area contributed by atoms with E-state index in [1.165, 1.54) is 6.42 Å². The van der Waals surface area contributed by atoms with Crippen LogP contribution in [0.2, 0.25) is 0 Å². The molecular formula is C47H65N5O7. The Morgan fingerprint density at radius 1 is 1.00 bits per heavy atom. The van der Waals surface area contributed by atoms with E-state index in [0.717, 1.165) is 17.7 Å². The molecule has 1 heterocycles. The maximum absolute atomic E-state index is 14.3. The molecule has 2 bridgehead atoms. The minimum absolute atomic E-state index is 0.0146. The van der Waals surface area contributed by atoms with E-state index in [4.69, 9.17) is 9.57 Å². The maximum atomic E-state index is 14.3. The Morgan fingerprint density at radius 2 is 1.71 bits per heavy atom. The number of nitrogens with one attached hydrogen (secondary N) is 2. The SMILES string of the molecule is COc1c(CN2O[C@@H](CO)[C@H]([C@H](C)O)[C@H]2C(=O)N[C@H]2C[C@H]3C[C@@H]([C@@H]2C)C3(C)C)cccc1-c1cc(C(=O)N[C@H](CN(C)C)C(=O)C(C)c2ccccc2)cc(N(C)C)c1. The van der Waals surface area contributed by atoms with Crippen LogP contribution < -0.4 is 20.3 Å². The summed E-state index contributed by atoms with van der Waals surface area (Å²) in [6.45, 7) is 10.5. The molecule has 0 spiro atoms. The molecule has 4 fully saturated rings. The highest BCUT2D eigenvalue weighted by Gasteiger charge is 2.57. The molecule has 12 nitrogen and oxygen atoms in total. The van der Waals surface area contributed by atoms with Gasteiger partial charge in [-0.25, -0.2) is 0 Å². The third kappa shape index (κ3) is 9.07. The zero-order valence-corrected chi connectivity index (χ0v) is 36.4. The summed E-state index contributed by atoms with van der Waals surface area (Å²) < 4.78 is 6.10. The van der Waals surface area contributed by atoms with Crippen LogP contribution in [0.4, 0.5) is 5.69 Å². The molecule has 4 N–H and O–H groups in total. The number of aliphatic hydroxyl groups is 2. The van der Waals surface area contributed by atoms with Crippen molar-refractivity contribution in [3.8, 4) is 16.9 Å². The number of anilines is 1. The predicted octanol–water partition coefficient (Wildman–Crippen LogP) is 5.12. The lowest BCUT2D eigenvalue weighted by Crippen LogP contribution is -2.62. The quantitative estimate of drug-likeness (QED) is 0.154. The fourth-order valence-electron chi connectivity index (χ4n) is 10.0. The highest BCUT2D eigenvalue weighted by molar-refractivity contribution is 6.01. The van der Waals surface area contributed by atoms with Gasteiger partial charge in [0.25, 0.3) is 5.91 Å². The van der Waals surface area contributed by atoms with Crippen LogP contribution >= 0.6 is 0 Å². The van der Waals surface area contributed by atoms with Crippen LogP contribution in [0.5, 0.6) is 5.75 Å². The van der Waals surface area contributed by atoms with Gasteiger partial charge in [0.2, 0.25) is 5.91 Å². The molecule has 1 aliphatic heterocycles. The Labute approximate surface area is 350 Å². The van der Waals surface area contributed by atoms with Crippen molar-refractivity contribution in [2.45, 2.75) is 90.3 Å². The van der Waals surface area contributed by atoms with Crippen molar-refractivity contribution in [1.29, 1.82) is 0 Å². The summed E-state index contributed by atoms with van der Waals surface area (Å²) in [4.78, 5) is 52.4. The Balaban J connectivity index is 1.29. The summed E-state index contributed by atoms with van der Waals surface area (Å²) >= 11 is 0. The summed E-state index contributed by atoms with van der Waals surface area (Å²) in [7, 11) is 9.13. The van der Waals surface area contributed by atoms with Crippen molar-refractivity contribution < 1.29 is 34.2 Å². The Morgan fingerprint density at radius 3 is 2.31 bits per heavy atom. The molecule has 12 heteroatoms. The minimum atomic E-state index is -0.926. The molecular weight excluding hydrogens is 747 g/mol. The van der Waals surface area contributed by atoms with E-state index in [1.54, 1.807) is 31.2 Å². The number of carbonyl (C=O) groups is 3. The number of carbonyl (C=O) groups excluding carboxylic acids is 3. The first kappa shape index (κ1) is 44.2. The summed E-state index contributed by atoms with van der Waals surface area (Å²) in [6.07, 6.45) is 0.387. The molecule has 4 aliphatic rings. The summed E-state index contributed by atoms with van der Waals surface area (Å²) in [6, 6.07) is 19.3. The molecule has 1 saturated heterocycles. The summed E-state index contributed by atoms with van der Waals surface area (Å²) in [5.74, 6) is 0.158. The number of ketones is 1. The number of Topliss-reactive ketones (excluding diaryl/α,β-unsaturated/α-hetero) is 1. The summed E-state index contributed by atoms with van der Waals surface area (Å²) in [5, 5.41) is 29.4. The van der Waals surface area contributed by atoms with E-state index in [1.807, 2.05) is 99.5 Å². The van der Waals surface area contributed by atoms with Gasteiger partial charge in [0.05, 0.1) is 26.4 Å². The molecule has 2 amide bonds. The smallest absolute Gasteiger partial charge is 0.252 e. The standard InChI is InChI=1S/C47H65N5O7/c1-27(30-15-12-11-13-16-30)43(55)39(25-50(6)7)49-45(56)33-19-32(20-35(21-33)51(8)9)36-18-14-17-31(44(36)58-10)24-52-42(41(29(3)54)40(26-53)59-52)46(57)48-38-23-34-22-37(28(38)2)47(34,4)5/h11-21,27-29,34,37-42,53-54H,22-26H2,1-10H3,(H,48,57)(H,49,56)/t27?,28-,29-,34+,37-,38-,39+,40-,41-,42-/m0/s1. The number of fused-ring (bicyclic) bond motifs is 2. The molecule has 320 valence electrons. The lowest BCUT2D eigenvalue weighted by molar-refractivity contribution is -0.183. The van der Waals surface area contributed by atoms with Gasteiger partial charge in [-0.15, -0.1) is 0 Å². The topological polar surface area (TPSA) is 144 Å². The van der Waals surface area contributed by atoms with Gasteiger partial charge in [-0.2, -0.15) is 5.06 Å². The molecule has 10 atom stereocenters. The molecule has 1 unspecified atom stereocenters. The van der Waals surface area contributed by atoms with Gasteiger partial charge in [0, 0.05) is 60.9 Å². The second-order valence-corrected chi connectivity index (χ2v) is 18.2. The van der Waals surface area contributed by atoms with Crippen LogP contribution in [0, 0.1) is 29.1 Å². The zero-order valence-electron chi connectivity index (χ0n) is 36.4. The third-order valence-electron chi connectivity index (χ3n) is 13.6. The zero-order chi connectivity index (χ0) is 42.9. The van der Waals surface area contributed by atoms with E-state index in [9.17, 15) is 24.6 Å². The molecule has 3 aromatic carbocycles. The van der Waals surface area contributed by atoms with E-state index in [2.05, 4.69) is 31.4 Å². The molecule has 3 aliphatic carbocycles. The van der Waals surface area contributed by atoms with Crippen molar-refractivity contribution in [2.75, 3.05) is 53.4 Å². The Hall–Kier alpha value is -4.33. The minimum Gasteiger partial charge on any atom is -0.496 e. The highest BCUT2D eigenvalue weighted by atomic mass is 16.7. The van der Waals surface area contributed by atoms with Crippen LogP contribution in [-0.4, -0.2) is 117 Å². The highest BCUT2D eigenvalue weighted by Crippen LogP contribution is 2.61. The lowest BCUT2D eigenvalue weighted by Gasteiger charge is -2.62. The number of nitrogens with zero attached hydrogens (tertiary/aromatic N) is 3. The average Bonchev–Trinajstić information content (AvgIpc) is 3.59. The van der Waals surface area contributed by atoms with Gasteiger partial charge in [0.15, 0.2) is 5.78 Å². The van der Waals surface area contributed by atoms with Crippen LogP contribution in [-0.2, 0) is 21.0 Å². The number of ether oxygens (including phenoxy) is 1. The Bertz CT molecular complexity index is 1970. The van der Waals surface area contributed by atoms with Crippen molar-refractivity contribution in [3.05, 3.63) is 83.4 Å². The second kappa shape index (κ2) is 18.1. The number of hydrogen-bond donors (Lipinski definition) is 4. The van der Waals surface area contributed by atoms with E-state index < -0.39 is 36.1 Å². The van der Waals surface area contributed by atoms with Crippen molar-refractivity contribution in [3.63, 3.8) is 0 Å². The van der Waals surface area contributed by atoms with E-state index in [-0.39, 0.29) is 42.2 Å². The number of para-hydroxylation sites is 1. The van der Waals surface area contributed by atoms with Crippen molar-refractivity contribution in [2.24, 2.45) is 29.1 Å². The van der Waals surface area contributed by atoms with Gasteiger partial charge in [-0.05, 0) is 86.4 Å².